The highest BCUT2D eigenvalue weighted by Crippen LogP contribution is 2.45. The van der Waals surface area contributed by atoms with E-state index in [4.69, 9.17) is 9.47 Å². The van der Waals surface area contributed by atoms with Gasteiger partial charge < -0.3 is 24.3 Å². The maximum atomic E-state index is 14.5. The van der Waals surface area contributed by atoms with Gasteiger partial charge in [-0.25, -0.2) is 0 Å². The van der Waals surface area contributed by atoms with Gasteiger partial charge in [-0.3, -0.25) is 9.59 Å². The average Bonchev–Trinajstić information content (AvgIpc) is 3.46. The minimum absolute atomic E-state index is 0.0380. The topological polar surface area (TPSA) is 72.8 Å². The van der Waals surface area contributed by atoms with Crippen molar-refractivity contribution in [1.82, 2.24) is 9.88 Å². The van der Waals surface area contributed by atoms with Crippen molar-refractivity contribution >= 4 is 39.3 Å². The van der Waals surface area contributed by atoms with Crippen molar-refractivity contribution in [3.63, 3.8) is 0 Å². The lowest BCUT2D eigenvalue weighted by Crippen LogP contribution is -2.45. The maximum absolute atomic E-state index is 14.5. The van der Waals surface area contributed by atoms with Crippen molar-refractivity contribution in [3.05, 3.63) is 114 Å². The summed E-state index contributed by atoms with van der Waals surface area (Å²) in [6, 6.07) is 30.9. The standard InChI is InChI=1S/C41H45N3O4/c1-4-26-42-40(45)23-9-7-5-6-8-16-30-28-37(44-34-20-13-10-17-31(34)32-18-11-14-21-35(32)44)33-19-12-15-22-36(33)43(30)41(46)29-24-25-38(47-2)39(27-29)48-3/h5-6,10-15,17-22,24-25,27,30,37H,4,7-9,16,23,26,28H2,1-3H3,(H,42,45)/b6-5-. The van der Waals surface area contributed by atoms with Crippen LogP contribution >= 0.6 is 0 Å². The summed E-state index contributed by atoms with van der Waals surface area (Å²) >= 11 is 0. The Kier molecular flexibility index (Phi) is 10.4. The molecule has 1 aromatic heterocycles. The average molecular weight is 644 g/mol. The fraction of sp³-hybridized carbons (Fsp3) is 0.317. The summed E-state index contributed by atoms with van der Waals surface area (Å²) in [6.45, 7) is 2.79. The van der Waals surface area contributed by atoms with E-state index in [0.717, 1.165) is 56.3 Å². The van der Waals surface area contributed by atoms with Crippen LogP contribution in [0.5, 0.6) is 11.5 Å². The van der Waals surface area contributed by atoms with Gasteiger partial charge in [0.05, 0.1) is 20.3 Å². The molecule has 1 aliphatic heterocycles. The van der Waals surface area contributed by atoms with Gasteiger partial charge in [-0.1, -0.05) is 73.7 Å². The smallest absolute Gasteiger partial charge is 0.258 e. The highest BCUT2D eigenvalue weighted by molar-refractivity contribution is 6.09. The fourth-order valence-electron chi connectivity index (χ4n) is 7.10. The molecule has 0 spiro atoms. The SMILES string of the molecule is CCCNC(=O)CCC/C=C\CCC1CC(n2c3ccccc3c3ccccc32)c2ccccc2N1C(=O)c1ccc(OC)c(OC)c1. The Morgan fingerprint density at radius 1 is 0.833 bits per heavy atom. The molecule has 2 amide bonds. The lowest BCUT2D eigenvalue weighted by Gasteiger charge is -2.42. The van der Waals surface area contributed by atoms with E-state index in [0.29, 0.717) is 23.5 Å². The first-order chi connectivity index (χ1) is 23.5. The second-order valence-corrected chi connectivity index (χ2v) is 12.4. The van der Waals surface area contributed by atoms with Crippen LogP contribution in [-0.2, 0) is 4.79 Å². The number of aromatic nitrogens is 1. The second-order valence-electron chi connectivity index (χ2n) is 12.4. The van der Waals surface area contributed by atoms with Crippen LogP contribution < -0.4 is 19.7 Å². The molecule has 0 fully saturated rings. The van der Waals surface area contributed by atoms with E-state index in [1.165, 1.54) is 21.8 Å². The molecule has 4 aromatic carbocycles. The molecule has 5 aromatic rings. The van der Waals surface area contributed by atoms with Crippen LogP contribution in [0, 0.1) is 0 Å². The van der Waals surface area contributed by atoms with E-state index in [1.54, 1.807) is 26.4 Å². The molecule has 248 valence electrons. The predicted molar refractivity (Wildman–Crippen MR) is 194 cm³/mol. The van der Waals surface area contributed by atoms with E-state index in [9.17, 15) is 9.59 Å². The van der Waals surface area contributed by atoms with Gasteiger partial charge in [0.15, 0.2) is 11.5 Å². The summed E-state index contributed by atoms with van der Waals surface area (Å²) in [7, 11) is 3.19. The highest BCUT2D eigenvalue weighted by Gasteiger charge is 2.38. The summed E-state index contributed by atoms with van der Waals surface area (Å²) in [4.78, 5) is 28.5. The molecule has 6 rings (SSSR count). The Morgan fingerprint density at radius 2 is 1.50 bits per heavy atom. The second kappa shape index (κ2) is 15.2. The molecule has 1 aliphatic rings. The number of carbonyl (C=O) groups excluding carboxylic acids is 2. The third-order valence-corrected chi connectivity index (χ3v) is 9.37. The zero-order valence-electron chi connectivity index (χ0n) is 28.2. The number of unbranched alkanes of at least 4 members (excludes halogenated alkanes) is 1. The number of nitrogens with zero attached hydrogens (tertiary/aromatic N) is 2. The van der Waals surface area contributed by atoms with Crippen molar-refractivity contribution in [2.24, 2.45) is 0 Å². The van der Waals surface area contributed by atoms with Crippen molar-refractivity contribution in [2.45, 2.75) is 64.0 Å². The van der Waals surface area contributed by atoms with Crippen molar-refractivity contribution in [2.75, 3.05) is 25.7 Å². The first kappa shape index (κ1) is 32.9. The molecular formula is C41H45N3O4. The number of allylic oxidation sites excluding steroid dienone is 2. The van der Waals surface area contributed by atoms with Gasteiger partial charge in [0.1, 0.15) is 0 Å². The number of para-hydroxylation sites is 3. The quantitative estimate of drug-likeness (QED) is 0.103. The Balaban J connectivity index is 1.35. The van der Waals surface area contributed by atoms with E-state index in [-0.39, 0.29) is 23.9 Å². The van der Waals surface area contributed by atoms with Crippen LogP contribution in [0.3, 0.4) is 0 Å². The van der Waals surface area contributed by atoms with Crippen LogP contribution in [-0.4, -0.2) is 43.2 Å². The van der Waals surface area contributed by atoms with E-state index < -0.39 is 0 Å². The van der Waals surface area contributed by atoms with Gasteiger partial charge in [0.2, 0.25) is 5.91 Å². The number of nitrogens with one attached hydrogen (secondary N) is 1. The molecule has 0 aliphatic carbocycles. The van der Waals surface area contributed by atoms with Gasteiger partial charge in [-0.05, 0) is 80.5 Å². The van der Waals surface area contributed by atoms with E-state index in [2.05, 4.69) is 95.7 Å². The summed E-state index contributed by atoms with van der Waals surface area (Å²) in [5.41, 5.74) is 5.01. The lowest BCUT2D eigenvalue weighted by atomic mass is 9.87. The number of anilines is 1. The van der Waals surface area contributed by atoms with Gasteiger partial charge in [0, 0.05) is 52.1 Å². The number of rotatable bonds is 13. The Hall–Kier alpha value is -5.04. The number of hydrogen-bond acceptors (Lipinski definition) is 4. The molecule has 1 N–H and O–H groups in total. The lowest BCUT2D eigenvalue weighted by molar-refractivity contribution is -0.121. The van der Waals surface area contributed by atoms with E-state index >= 15 is 0 Å². The van der Waals surface area contributed by atoms with E-state index in [1.807, 2.05) is 17.0 Å². The largest absolute Gasteiger partial charge is 0.493 e. The first-order valence-corrected chi connectivity index (χ1v) is 17.1. The Bertz CT molecular complexity index is 1870. The number of fused-ring (bicyclic) bond motifs is 4. The van der Waals surface area contributed by atoms with Crippen LogP contribution in [0.1, 0.15) is 73.8 Å². The van der Waals surface area contributed by atoms with Crippen molar-refractivity contribution < 1.29 is 19.1 Å². The predicted octanol–water partition coefficient (Wildman–Crippen LogP) is 8.85. The number of methoxy groups -OCH3 is 2. The first-order valence-electron chi connectivity index (χ1n) is 17.1. The van der Waals surface area contributed by atoms with Crippen molar-refractivity contribution in [1.29, 1.82) is 0 Å². The summed E-state index contributed by atoms with van der Waals surface area (Å²) in [5.74, 6) is 1.17. The molecular weight excluding hydrogens is 598 g/mol. The Morgan fingerprint density at radius 3 is 2.21 bits per heavy atom. The van der Waals surface area contributed by atoms with Gasteiger partial charge >= 0.3 is 0 Å². The highest BCUT2D eigenvalue weighted by atomic mass is 16.5. The van der Waals surface area contributed by atoms with Crippen LogP contribution in [0.15, 0.2) is 103 Å². The molecule has 2 atom stereocenters. The third kappa shape index (κ3) is 6.68. The maximum Gasteiger partial charge on any atom is 0.258 e. The van der Waals surface area contributed by atoms with Gasteiger partial charge in [0.25, 0.3) is 5.91 Å². The van der Waals surface area contributed by atoms with Crippen molar-refractivity contribution in [3.8, 4) is 11.5 Å². The minimum Gasteiger partial charge on any atom is -0.493 e. The molecule has 2 heterocycles. The third-order valence-electron chi connectivity index (χ3n) is 9.37. The number of amides is 2. The number of carbonyl (C=O) groups is 2. The monoisotopic (exact) mass is 643 g/mol. The molecule has 2 unspecified atom stereocenters. The molecule has 7 heteroatoms. The molecule has 0 saturated heterocycles. The van der Waals surface area contributed by atoms with Crippen LogP contribution in [0.2, 0.25) is 0 Å². The normalized spacial score (nSPS) is 15.9. The Labute approximate surface area is 283 Å². The summed E-state index contributed by atoms with van der Waals surface area (Å²) < 4.78 is 13.5. The minimum atomic E-state index is -0.0603. The number of ether oxygens (including phenoxy) is 2. The van der Waals surface area contributed by atoms with Crippen LogP contribution in [0.25, 0.3) is 21.8 Å². The molecule has 0 saturated carbocycles. The molecule has 0 radical (unpaired) electrons. The number of hydrogen-bond donors (Lipinski definition) is 1. The summed E-state index contributed by atoms with van der Waals surface area (Å²) in [5, 5.41) is 5.42. The zero-order chi connectivity index (χ0) is 33.5. The zero-order valence-corrected chi connectivity index (χ0v) is 28.2. The summed E-state index contributed by atoms with van der Waals surface area (Å²) in [6.07, 6.45) is 9.93. The molecule has 48 heavy (non-hydrogen) atoms. The number of benzene rings is 4. The molecule has 7 nitrogen and oxygen atoms in total. The van der Waals surface area contributed by atoms with Crippen LogP contribution in [0.4, 0.5) is 5.69 Å². The van der Waals surface area contributed by atoms with Gasteiger partial charge in [-0.2, -0.15) is 0 Å². The molecule has 0 bridgehead atoms. The fourth-order valence-corrected chi connectivity index (χ4v) is 7.10. The van der Waals surface area contributed by atoms with Gasteiger partial charge in [-0.15, -0.1) is 0 Å².